The second kappa shape index (κ2) is 9.50. The minimum absolute atomic E-state index is 0.0285. The van der Waals surface area contributed by atoms with Crippen LogP contribution in [0.5, 0.6) is 0 Å². The van der Waals surface area contributed by atoms with Crippen molar-refractivity contribution in [1.82, 2.24) is 15.2 Å². The molecule has 2 aliphatic rings. The van der Waals surface area contributed by atoms with Crippen LogP contribution in [0.15, 0.2) is 36.4 Å². The lowest BCUT2D eigenvalue weighted by Crippen LogP contribution is -2.37. The van der Waals surface area contributed by atoms with Gasteiger partial charge in [-0.05, 0) is 50.2 Å². The number of nitrogens with one attached hydrogen (secondary N) is 2. The number of nitrogens with zero attached hydrogens (tertiary/aromatic N) is 1. The first-order chi connectivity index (χ1) is 14.7. The van der Waals surface area contributed by atoms with E-state index in [2.05, 4.69) is 22.1 Å². The fourth-order valence-corrected chi connectivity index (χ4v) is 4.91. The molecule has 1 aliphatic heterocycles. The summed E-state index contributed by atoms with van der Waals surface area (Å²) in [6.07, 6.45) is 9.52. The molecule has 2 aromatic rings. The second-order valence-electron chi connectivity index (χ2n) is 8.65. The van der Waals surface area contributed by atoms with Crippen LogP contribution in [0.4, 0.5) is 0 Å². The molecule has 1 aromatic carbocycles. The zero-order valence-electron chi connectivity index (χ0n) is 18.0. The maximum Gasteiger partial charge on any atom is 0.268 e. The van der Waals surface area contributed by atoms with Gasteiger partial charge in [-0.25, -0.2) is 0 Å². The highest BCUT2D eigenvalue weighted by atomic mass is 16.2. The number of hydrogen-bond donors (Lipinski definition) is 2. The van der Waals surface area contributed by atoms with Crippen LogP contribution in [0.3, 0.4) is 0 Å². The standard InChI is InChI=1S/C25H33N3O2/c1-2-21(18-11-5-3-6-12-18)27-24(29)20-17-23(28-16-10-9-15-22(20)28)25(30)26-19-13-7-4-8-14-19/h3,5-6,11-12,17,19,21H,2,4,7-10,13-16H2,1H3,(H,26,30)(H,27,29)/t21-/m1/s1. The molecule has 160 valence electrons. The minimum Gasteiger partial charge on any atom is -0.348 e. The van der Waals surface area contributed by atoms with Crippen molar-refractivity contribution < 1.29 is 9.59 Å². The molecule has 4 rings (SSSR count). The number of amides is 2. The molecular formula is C25H33N3O2. The van der Waals surface area contributed by atoms with Gasteiger partial charge in [0.1, 0.15) is 5.69 Å². The predicted molar refractivity (Wildman–Crippen MR) is 119 cm³/mol. The summed E-state index contributed by atoms with van der Waals surface area (Å²) in [6, 6.07) is 12.1. The van der Waals surface area contributed by atoms with Crippen LogP contribution < -0.4 is 10.6 Å². The maximum absolute atomic E-state index is 13.2. The van der Waals surface area contributed by atoms with E-state index < -0.39 is 0 Å². The zero-order valence-corrected chi connectivity index (χ0v) is 18.0. The van der Waals surface area contributed by atoms with Gasteiger partial charge in [0.05, 0.1) is 11.6 Å². The topological polar surface area (TPSA) is 63.1 Å². The van der Waals surface area contributed by atoms with Crippen LogP contribution in [0.1, 0.15) is 96.4 Å². The molecule has 30 heavy (non-hydrogen) atoms. The summed E-state index contributed by atoms with van der Waals surface area (Å²) in [5, 5.41) is 6.42. The first-order valence-corrected chi connectivity index (χ1v) is 11.6. The molecule has 0 unspecified atom stereocenters. The van der Waals surface area contributed by atoms with Crippen molar-refractivity contribution in [2.45, 2.75) is 83.3 Å². The third-order valence-corrected chi connectivity index (χ3v) is 6.59. The van der Waals surface area contributed by atoms with E-state index in [4.69, 9.17) is 0 Å². The van der Waals surface area contributed by atoms with Crippen LogP contribution in [0.25, 0.3) is 0 Å². The van der Waals surface area contributed by atoms with Gasteiger partial charge in [-0.1, -0.05) is 56.5 Å². The van der Waals surface area contributed by atoms with E-state index in [1.807, 2.05) is 36.4 Å². The average Bonchev–Trinajstić information content (AvgIpc) is 3.19. The molecule has 1 aromatic heterocycles. The van der Waals surface area contributed by atoms with Gasteiger partial charge in [0.15, 0.2) is 0 Å². The third kappa shape index (κ3) is 4.45. The Morgan fingerprint density at radius 3 is 2.53 bits per heavy atom. The number of carbonyl (C=O) groups excluding carboxylic acids is 2. The Balaban J connectivity index is 1.55. The molecule has 5 nitrogen and oxygen atoms in total. The van der Waals surface area contributed by atoms with E-state index >= 15 is 0 Å². The minimum atomic E-state index is -0.0759. The summed E-state index contributed by atoms with van der Waals surface area (Å²) in [7, 11) is 0. The van der Waals surface area contributed by atoms with Crippen LogP contribution in [-0.2, 0) is 13.0 Å². The van der Waals surface area contributed by atoms with Crippen LogP contribution in [0.2, 0.25) is 0 Å². The zero-order chi connectivity index (χ0) is 20.9. The lowest BCUT2D eigenvalue weighted by molar-refractivity contribution is 0.0915. The first kappa shape index (κ1) is 20.7. The molecule has 1 fully saturated rings. The lowest BCUT2D eigenvalue weighted by Gasteiger charge is -2.24. The number of carbonyl (C=O) groups is 2. The van der Waals surface area contributed by atoms with Crippen molar-refractivity contribution in [2.75, 3.05) is 0 Å². The Bertz CT molecular complexity index is 881. The molecule has 1 saturated carbocycles. The highest BCUT2D eigenvalue weighted by Crippen LogP contribution is 2.26. The molecule has 5 heteroatoms. The molecule has 2 N–H and O–H groups in total. The number of hydrogen-bond acceptors (Lipinski definition) is 2. The van der Waals surface area contributed by atoms with Crippen molar-refractivity contribution in [3.05, 3.63) is 58.9 Å². The van der Waals surface area contributed by atoms with E-state index in [9.17, 15) is 9.59 Å². The number of aromatic nitrogens is 1. The lowest BCUT2D eigenvalue weighted by atomic mass is 9.95. The fourth-order valence-electron chi connectivity index (χ4n) is 4.91. The molecule has 2 amide bonds. The molecular weight excluding hydrogens is 374 g/mol. The quantitative estimate of drug-likeness (QED) is 0.725. The van der Waals surface area contributed by atoms with Crippen LogP contribution >= 0.6 is 0 Å². The Hall–Kier alpha value is -2.56. The summed E-state index contributed by atoms with van der Waals surface area (Å²) < 4.78 is 2.08. The third-order valence-electron chi connectivity index (χ3n) is 6.59. The van der Waals surface area contributed by atoms with E-state index in [1.54, 1.807) is 0 Å². The van der Waals surface area contributed by atoms with Gasteiger partial charge < -0.3 is 15.2 Å². The second-order valence-corrected chi connectivity index (χ2v) is 8.65. The van der Waals surface area contributed by atoms with Crippen molar-refractivity contribution in [1.29, 1.82) is 0 Å². The van der Waals surface area contributed by atoms with E-state index in [-0.39, 0.29) is 23.9 Å². The van der Waals surface area contributed by atoms with Gasteiger partial charge in [0, 0.05) is 18.3 Å². The predicted octanol–water partition coefficient (Wildman–Crippen LogP) is 4.77. The van der Waals surface area contributed by atoms with Crippen molar-refractivity contribution in [2.24, 2.45) is 0 Å². The molecule has 0 spiro atoms. The van der Waals surface area contributed by atoms with Gasteiger partial charge in [0.2, 0.25) is 0 Å². The molecule has 0 saturated heterocycles. The SMILES string of the molecule is CC[C@@H](NC(=O)c1cc(C(=O)NC2CCCCC2)n2c1CCCC2)c1ccccc1. The van der Waals surface area contributed by atoms with E-state index in [0.29, 0.717) is 11.3 Å². The molecule has 0 radical (unpaired) electrons. The Morgan fingerprint density at radius 1 is 1.03 bits per heavy atom. The van der Waals surface area contributed by atoms with Crippen LogP contribution in [-0.4, -0.2) is 22.4 Å². The Morgan fingerprint density at radius 2 is 1.80 bits per heavy atom. The van der Waals surface area contributed by atoms with Gasteiger partial charge in [0.25, 0.3) is 11.8 Å². The summed E-state index contributed by atoms with van der Waals surface area (Å²) in [5.74, 6) is -0.104. The maximum atomic E-state index is 13.2. The smallest absolute Gasteiger partial charge is 0.268 e. The van der Waals surface area contributed by atoms with Gasteiger partial charge in [-0.3, -0.25) is 9.59 Å². The summed E-state index contributed by atoms with van der Waals surface area (Å²) in [5.41, 5.74) is 3.43. The highest BCUT2D eigenvalue weighted by Gasteiger charge is 2.27. The normalized spacial score (nSPS) is 17.8. The van der Waals surface area contributed by atoms with Crippen molar-refractivity contribution in [3.8, 4) is 0 Å². The van der Waals surface area contributed by atoms with E-state index in [1.165, 1.54) is 19.3 Å². The summed E-state index contributed by atoms with van der Waals surface area (Å²) in [4.78, 5) is 26.3. The molecule has 2 heterocycles. The molecule has 1 atom stereocenters. The first-order valence-electron chi connectivity index (χ1n) is 11.6. The van der Waals surface area contributed by atoms with Crippen LogP contribution in [0, 0.1) is 0 Å². The van der Waals surface area contributed by atoms with Crippen molar-refractivity contribution in [3.63, 3.8) is 0 Å². The van der Waals surface area contributed by atoms with Gasteiger partial charge >= 0.3 is 0 Å². The largest absolute Gasteiger partial charge is 0.348 e. The Kier molecular flexibility index (Phi) is 6.56. The number of fused-ring (bicyclic) bond motifs is 1. The monoisotopic (exact) mass is 407 g/mol. The molecule has 1 aliphatic carbocycles. The molecule has 0 bridgehead atoms. The van der Waals surface area contributed by atoms with Crippen molar-refractivity contribution >= 4 is 11.8 Å². The average molecular weight is 408 g/mol. The highest BCUT2D eigenvalue weighted by molar-refractivity contribution is 6.01. The van der Waals surface area contributed by atoms with Gasteiger partial charge in [-0.15, -0.1) is 0 Å². The summed E-state index contributed by atoms with van der Waals surface area (Å²) >= 11 is 0. The fraction of sp³-hybridized carbons (Fsp3) is 0.520. The van der Waals surface area contributed by atoms with Gasteiger partial charge in [-0.2, -0.15) is 0 Å². The number of rotatable bonds is 6. The Labute approximate surface area is 179 Å². The number of benzene rings is 1. The van der Waals surface area contributed by atoms with E-state index in [0.717, 1.165) is 56.3 Å². The summed E-state index contributed by atoms with van der Waals surface area (Å²) in [6.45, 7) is 2.89.